The number of nitrogens with one attached hydrogen (secondary N) is 1. The highest BCUT2D eigenvalue weighted by atomic mass is 32.2. The van der Waals surface area contributed by atoms with Gasteiger partial charge in [-0.2, -0.15) is 0 Å². The first kappa shape index (κ1) is 24.7. The van der Waals surface area contributed by atoms with E-state index in [2.05, 4.69) is 5.32 Å². The van der Waals surface area contributed by atoms with Crippen LogP contribution in [-0.2, 0) is 42.1 Å². The maximum atomic E-state index is 13.7. The molecule has 0 spiro atoms. The molecule has 10 heteroatoms. The molecule has 0 aromatic heterocycles. The van der Waals surface area contributed by atoms with Crippen molar-refractivity contribution in [3.8, 4) is 0 Å². The second-order valence-corrected chi connectivity index (χ2v) is 12.0. The van der Waals surface area contributed by atoms with Crippen LogP contribution in [0.25, 0.3) is 0 Å². The van der Waals surface area contributed by atoms with Gasteiger partial charge in [0.25, 0.3) is 0 Å². The Labute approximate surface area is 204 Å². The zero-order valence-corrected chi connectivity index (χ0v) is 20.6. The number of benzene rings is 2. The fourth-order valence-corrected chi connectivity index (χ4v) is 7.50. The van der Waals surface area contributed by atoms with Crippen molar-refractivity contribution < 1.29 is 32.3 Å². The Balaban J connectivity index is 1.53. The largest absolute Gasteiger partial charge is 0.459 e. The second kappa shape index (κ2) is 8.99. The Morgan fingerprint density at radius 1 is 1.06 bits per heavy atom. The standard InChI is InChI=1S/C25H28N2O7S/c1-17(34-23(30)26-15-18-10-6-4-7-11-18)25-14-20(28)27(25)21(24(2,3)35(25,31)32)22(29)33-16-19-12-8-5-9-13-19/h4-13,17,21H,14-16H2,1-3H3,(H,26,30)/t17-,21+,25?/m1/s1. The topological polar surface area (TPSA) is 119 Å². The fraction of sp³-hybridized carbons (Fsp3) is 0.400. The molecule has 4 rings (SSSR count). The maximum Gasteiger partial charge on any atom is 0.407 e. The molecule has 1 unspecified atom stereocenters. The van der Waals surface area contributed by atoms with E-state index in [1.54, 1.807) is 24.3 Å². The van der Waals surface area contributed by atoms with Gasteiger partial charge in [-0.1, -0.05) is 60.7 Å². The molecule has 2 aliphatic rings. The first-order valence-corrected chi connectivity index (χ1v) is 12.8. The highest BCUT2D eigenvalue weighted by Crippen LogP contribution is 2.56. The lowest BCUT2D eigenvalue weighted by Gasteiger charge is -2.49. The van der Waals surface area contributed by atoms with Crippen molar-refractivity contribution >= 4 is 27.8 Å². The van der Waals surface area contributed by atoms with Crippen molar-refractivity contribution in [2.75, 3.05) is 0 Å². The van der Waals surface area contributed by atoms with Gasteiger partial charge >= 0.3 is 12.1 Å². The number of amides is 2. The minimum absolute atomic E-state index is 0.0602. The summed E-state index contributed by atoms with van der Waals surface area (Å²) in [5, 5.41) is 2.59. The molecule has 0 radical (unpaired) electrons. The molecular formula is C25H28N2O7S. The molecule has 3 atom stereocenters. The third kappa shape index (κ3) is 3.95. The van der Waals surface area contributed by atoms with Crippen molar-refractivity contribution in [1.82, 2.24) is 10.2 Å². The highest BCUT2D eigenvalue weighted by molar-refractivity contribution is 7.94. The second-order valence-electron chi connectivity index (χ2n) is 9.27. The van der Waals surface area contributed by atoms with Gasteiger partial charge in [0.1, 0.15) is 17.5 Å². The van der Waals surface area contributed by atoms with E-state index in [4.69, 9.17) is 9.47 Å². The maximum absolute atomic E-state index is 13.7. The summed E-state index contributed by atoms with van der Waals surface area (Å²) < 4.78 is 36.7. The number of carbonyl (C=O) groups excluding carboxylic acids is 3. The summed E-state index contributed by atoms with van der Waals surface area (Å²) in [6, 6.07) is 16.7. The van der Waals surface area contributed by atoms with Gasteiger partial charge in [-0.3, -0.25) is 4.79 Å². The predicted molar refractivity (Wildman–Crippen MR) is 126 cm³/mol. The van der Waals surface area contributed by atoms with E-state index in [0.29, 0.717) is 0 Å². The zero-order chi connectivity index (χ0) is 25.4. The van der Waals surface area contributed by atoms with Crippen molar-refractivity contribution in [1.29, 1.82) is 0 Å². The Bertz CT molecular complexity index is 1230. The monoisotopic (exact) mass is 500 g/mol. The number of rotatable bonds is 7. The van der Waals surface area contributed by atoms with Crippen LogP contribution in [-0.4, -0.2) is 53.1 Å². The Kier molecular flexibility index (Phi) is 6.35. The van der Waals surface area contributed by atoms with Gasteiger partial charge in [-0.15, -0.1) is 0 Å². The summed E-state index contributed by atoms with van der Waals surface area (Å²) in [6.45, 7) is 4.34. The molecule has 2 heterocycles. The van der Waals surface area contributed by atoms with Gasteiger partial charge in [0.2, 0.25) is 5.91 Å². The van der Waals surface area contributed by atoms with E-state index < -0.39 is 49.6 Å². The van der Waals surface area contributed by atoms with Crippen molar-refractivity contribution in [2.45, 2.75) is 62.1 Å². The molecule has 0 saturated carbocycles. The van der Waals surface area contributed by atoms with Crippen LogP contribution in [0.15, 0.2) is 60.7 Å². The summed E-state index contributed by atoms with van der Waals surface area (Å²) in [4.78, 5) is 37.4. The van der Waals surface area contributed by atoms with Gasteiger partial charge in [0.15, 0.2) is 20.8 Å². The number of ether oxygens (including phenoxy) is 2. The van der Waals surface area contributed by atoms with Crippen molar-refractivity contribution in [2.24, 2.45) is 0 Å². The number of β-lactam (4-membered cyclic amide) rings is 1. The summed E-state index contributed by atoms with van der Waals surface area (Å²) in [7, 11) is -4.15. The van der Waals surface area contributed by atoms with E-state index in [0.717, 1.165) is 16.0 Å². The predicted octanol–water partition coefficient (Wildman–Crippen LogP) is 2.55. The van der Waals surface area contributed by atoms with Gasteiger partial charge in [-0.25, -0.2) is 18.0 Å². The van der Waals surface area contributed by atoms with Crippen LogP contribution in [0.2, 0.25) is 0 Å². The van der Waals surface area contributed by atoms with E-state index in [1.165, 1.54) is 20.8 Å². The Morgan fingerprint density at radius 3 is 2.20 bits per heavy atom. The van der Waals surface area contributed by atoms with Crippen LogP contribution in [0.3, 0.4) is 0 Å². The molecule has 9 nitrogen and oxygen atoms in total. The SMILES string of the molecule is C[C@@H](OC(=O)NCc1ccccc1)C12CC(=O)N1[C@@H](C(=O)OCc1ccccc1)C(C)(C)S2(=O)=O. The Hall–Kier alpha value is -3.40. The number of nitrogens with zero attached hydrogens (tertiary/aromatic N) is 1. The molecule has 186 valence electrons. The minimum Gasteiger partial charge on any atom is -0.459 e. The molecule has 2 fully saturated rings. The number of esters is 1. The van der Waals surface area contributed by atoms with Gasteiger partial charge in [0, 0.05) is 6.54 Å². The molecule has 2 saturated heterocycles. The first-order valence-electron chi connectivity index (χ1n) is 11.3. The number of hydrogen-bond acceptors (Lipinski definition) is 7. The number of hydrogen-bond donors (Lipinski definition) is 1. The normalized spacial score (nSPS) is 24.6. The number of carbonyl (C=O) groups is 3. The summed E-state index contributed by atoms with van der Waals surface area (Å²) in [5.41, 5.74) is 1.57. The van der Waals surface area contributed by atoms with Crippen LogP contribution in [0.1, 0.15) is 38.3 Å². The van der Waals surface area contributed by atoms with Gasteiger partial charge < -0.3 is 19.7 Å². The fourth-order valence-electron chi connectivity index (χ4n) is 4.83. The zero-order valence-electron chi connectivity index (χ0n) is 19.8. The first-order chi connectivity index (χ1) is 16.5. The smallest absolute Gasteiger partial charge is 0.407 e. The van der Waals surface area contributed by atoms with Crippen LogP contribution in [0.5, 0.6) is 0 Å². The van der Waals surface area contributed by atoms with Gasteiger partial charge in [-0.05, 0) is 31.9 Å². The van der Waals surface area contributed by atoms with E-state index in [-0.39, 0.29) is 19.6 Å². The van der Waals surface area contributed by atoms with Crippen LogP contribution >= 0.6 is 0 Å². The van der Waals surface area contributed by atoms with Crippen molar-refractivity contribution in [3.05, 3.63) is 71.8 Å². The average molecular weight is 501 g/mol. The summed E-state index contributed by atoms with van der Waals surface area (Å²) in [5.74, 6) is -1.33. The molecular weight excluding hydrogens is 472 g/mol. The number of alkyl carbamates (subject to hydrolysis) is 1. The molecule has 0 bridgehead atoms. The van der Waals surface area contributed by atoms with E-state index in [1.807, 2.05) is 36.4 Å². The average Bonchev–Trinajstić information content (AvgIpc) is 2.94. The Morgan fingerprint density at radius 2 is 1.63 bits per heavy atom. The third-order valence-electron chi connectivity index (χ3n) is 6.80. The highest BCUT2D eigenvalue weighted by Gasteiger charge is 2.79. The van der Waals surface area contributed by atoms with Crippen LogP contribution in [0, 0.1) is 0 Å². The lowest BCUT2D eigenvalue weighted by atomic mass is 9.90. The summed E-state index contributed by atoms with van der Waals surface area (Å²) in [6.07, 6.45) is -2.42. The molecule has 2 aromatic rings. The summed E-state index contributed by atoms with van der Waals surface area (Å²) >= 11 is 0. The molecule has 2 amide bonds. The van der Waals surface area contributed by atoms with Gasteiger partial charge in [0.05, 0.1) is 6.42 Å². The van der Waals surface area contributed by atoms with E-state index >= 15 is 0 Å². The molecule has 0 aliphatic carbocycles. The minimum atomic E-state index is -4.15. The number of fused-ring (bicyclic) bond motifs is 1. The quantitative estimate of drug-likeness (QED) is 0.458. The van der Waals surface area contributed by atoms with Crippen molar-refractivity contribution in [3.63, 3.8) is 0 Å². The molecule has 2 aliphatic heterocycles. The lowest BCUT2D eigenvalue weighted by Crippen LogP contribution is -2.71. The van der Waals surface area contributed by atoms with E-state index in [9.17, 15) is 22.8 Å². The molecule has 2 aromatic carbocycles. The van der Waals surface area contributed by atoms with Crippen LogP contribution < -0.4 is 5.32 Å². The molecule has 35 heavy (non-hydrogen) atoms. The van der Waals surface area contributed by atoms with Crippen LogP contribution in [0.4, 0.5) is 4.79 Å². The molecule has 1 N–H and O–H groups in total. The third-order valence-corrected chi connectivity index (χ3v) is 10.0. The number of sulfone groups is 1. The lowest BCUT2D eigenvalue weighted by molar-refractivity contribution is -0.172.